The van der Waals surface area contributed by atoms with Gasteiger partial charge in [-0.25, -0.2) is 0 Å². The van der Waals surface area contributed by atoms with Gasteiger partial charge in [0.1, 0.15) is 0 Å². The van der Waals surface area contributed by atoms with Crippen molar-refractivity contribution in [2.24, 2.45) is 0 Å². The molecular weight excluding hydrogens is 278 g/mol. The number of hydrogen-bond acceptors (Lipinski definition) is 5. The number of benzene rings is 1. The smallest absolute Gasteiger partial charge is 0.255 e. The van der Waals surface area contributed by atoms with Gasteiger partial charge in [0.25, 0.3) is 5.56 Å². The zero-order valence-electron chi connectivity index (χ0n) is 10.7. The lowest BCUT2D eigenvalue weighted by atomic mass is 10.2. The second kappa shape index (κ2) is 6.25. The van der Waals surface area contributed by atoms with Crippen molar-refractivity contribution in [1.29, 1.82) is 0 Å². The molecule has 104 valence electrons. The fourth-order valence-electron chi connectivity index (χ4n) is 1.46. The number of nitrogens with one attached hydrogen (secondary N) is 2. The van der Waals surface area contributed by atoms with Gasteiger partial charge in [-0.05, 0) is 19.1 Å². The Morgan fingerprint density at radius 1 is 1.40 bits per heavy atom. The Labute approximate surface area is 119 Å². The molecule has 1 amide bonds. The van der Waals surface area contributed by atoms with E-state index in [1.54, 1.807) is 0 Å². The van der Waals surface area contributed by atoms with Gasteiger partial charge in [-0.15, -0.1) is 0 Å². The molecule has 2 rings (SSSR count). The van der Waals surface area contributed by atoms with Crippen molar-refractivity contribution >= 4 is 23.4 Å². The number of aromatic amines is 1. The molecule has 0 aliphatic rings. The van der Waals surface area contributed by atoms with E-state index in [1.807, 2.05) is 31.2 Å². The van der Waals surface area contributed by atoms with Crippen LogP contribution in [-0.2, 0) is 4.79 Å². The van der Waals surface area contributed by atoms with Gasteiger partial charge in [0.05, 0.1) is 11.8 Å². The molecule has 0 atom stereocenters. The second-order valence-electron chi connectivity index (χ2n) is 4.11. The van der Waals surface area contributed by atoms with Gasteiger partial charge in [-0.1, -0.05) is 29.5 Å². The van der Waals surface area contributed by atoms with Crippen LogP contribution in [0.15, 0.2) is 40.3 Å². The molecule has 0 spiro atoms. The molecule has 3 N–H and O–H groups in total. The Hall–Kier alpha value is -2.28. The molecule has 6 nitrogen and oxygen atoms in total. The number of thioether (sulfide) groups is 1. The molecule has 0 bridgehead atoms. The number of nitrogens with zero attached hydrogens (tertiary/aromatic N) is 1. The van der Waals surface area contributed by atoms with Crippen molar-refractivity contribution < 1.29 is 9.90 Å². The first-order chi connectivity index (χ1) is 9.52. The van der Waals surface area contributed by atoms with Gasteiger partial charge >= 0.3 is 0 Å². The highest BCUT2D eigenvalue weighted by Gasteiger charge is 2.06. The maximum atomic E-state index is 11.7. The lowest BCUT2D eigenvalue weighted by Gasteiger charge is -2.05. The standard InChI is InChI=1S/C13H13N3O3S/c1-8-2-4-9(5-3-8)14-12(19)7-20-13-15-10(17)6-11(18)16-13/h2-6H,7H2,1H3,(H,14,19)(H2,15,16,17,18). The van der Waals surface area contributed by atoms with Crippen LogP contribution in [0.5, 0.6) is 5.88 Å². The Bertz CT molecular complexity index is 667. The molecular formula is C13H13N3O3S. The highest BCUT2D eigenvalue weighted by Crippen LogP contribution is 2.14. The molecule has 2 aromatic rings. The largest absolute Gasteiger partial charge is 0.493 e. The lowest BCUT2D eigenvalue weighted by molar-refractivity contribution is -0.113. The van der Waals surface area contributed by atoms with E-state index >= 15 is 0 Å². The number of hydrogen-bond donors (Lipinski definition) is 3. The topological polar surface area (TPSA) is 95.1 Å². The van der Waals surface area contributed by atoms with Crippen molar-refractivity contribution in [3.8, 4) is 5.88 Å². The molecule has 0 saturated heterocycles. The Kier molecular flexibility index (Phi) is 4.41. The minimum Gasteiger partial charge on any atom is -0.493 e. The molecule has 1 aromatic carbocycles. The third-order valence-corrected chi connectivity index (χ3v) is 3.26. The quantitative estimate of drug-likeness (QED) is 0.586. The van der Waals surface area contributed by atoms with Crippen LogP contribution in [0.25, 0.3) is 0 Å². The molecule has 0 radical (unpaired) electrons. The summed E-state index contributed by atoms with van der Waals surface area (Å²) in [5.74, 6) is -0.500. The van der Waals surface area contributed by atoms with E-state index in [1.165, 1.54) is 0 Å². The lowest BCUT2D eigenvalue weighted by Crippen LogP contribution is -2.15. The third-order valence-electron chi connectivity index (χ3n) is 2.38. The van der Waals surface area contributed by atoms with Crippen LogP contribution < -0.4 is 10.9 Å². The first-order valence-corrected chi connectivity index (χ1v) is 6.81. The van der Waals surface area contributed by atoms with Gasteiger partial charge in [0.2, 0.25) is 11.8 Å². The maximum Gasteiger partial charge on any atom is 0.255 e. The summed E-state index contributed by atoms with van der Waals surface area (Å²) in [6.45, 7) is 1.96. The molecule has 20 heavy (non-hydrogen) atoms. The average Bonchev–Trinajstić information content (AvgIpc) is 2.38. The van der Waals surface area contributed by atoms with Crippen molar-refractivity contribution in [2.45, 2.75) is 12.1 Å². The summed E-state index contributed by atoms with van der Waals surface area (Å²) in [4.78, 5) is 29.0. The summed E-state index contributed by atoms with van der Waals surface area (Å²) < 4.78 is 0. The highest BCUT2D eigenvalue weighted by atomic mass is 32.2. The summed E-state index contributed by atoms with van der Waals surface area (Å²) in [5, 5.41) is 12.1. The minimum absolute atomic E-state index is 0.0836. The van der Waals surface area contributed by atoms with Crippen LogP contribution in [0.3, 0.4) is 0 Å². The maximum absolute atomic E-state index is 11.7. The summed E-state index contributed by atoms with van der Waals surface area (Å²) in [5.41, 5.74) is 1.36. The van der Waals surface area contributed by atoms with Gasteiger partial charge in [-0.2, -0.15) is 4.98 Å². The first-order valence-electron chi connectivity index (χ1n) is 5.82. The molecule has 1 heterocycles. The minimum atomic E-state index is -0.459. The number of carbonyl (C=O) groups excluding carboxylic acids is 1. The van der Waals surface area contributed by atoms with E-state index < -0.39 is 5.56 Å². The molecule has 7 heteroatoms. The number of aromatic nitrogens is 2. The highest BCUT2D eigenvalue weighted by molar-refractivity contribution is 7.99. The average molecular weight is 291 g/mol. The zero-order valence-corrected chi connectivity index (χ0v) is 11.5. The van der Waals surface area contributed by atoms with E-state index in [2.05, 4.69) is 15.3 Å². The summed E-state index contributed by atoms with van der Waals surface area (Å²) in [6.07, 6.45) is 0. The fourth-order valence-corrected chi connectivity index (χ4v) is 2.13. The van der Waals surface area contributed by atoms with Crippen molar-refractivity contribution in [3.05, 3.63) is 46.2 Å². The van der Waals surface area contributed by atoms with Crippen molar-refractivity contribution in [2.75, 3.05) is 11.1 Å². The Morgan fingerprint density at radius 3 is 2.75 bits per heavy atom. The summed E-state index contributed by atoms with van der Waals surface area (Å²) in [6, 6.07) is 8.39. The number of carbonyl (C=O) groups is 1. The third kappa shape index (κ3) is 4.13. The number of aryl methyl sites for hydroxylation is 1. The molecule has 0 saturated carbocycles. The summed E-state index contributed by atoms with van der Waals surface area (Å²) >= 11 is 1.04. The predicted molar refractivity (Wildman–Crippen MR) is 77.1 cm³/mol. The van der Waals surface area contributed by atoms with Gasteiger partial charge < -0.3 is 15.4 Å². The van der Waals surface area contributed by atoms with Crippen LogP contribution in [0.1, 0.15) is 5.56 Å². The van der Waals surface area contributed by atoms with Gasteiger partial charge in [0.15, 0.2) is 5.16 Å². The van der Waals surface area contributed by atoms with E-state index in [0.29, 0.717) is 5.69 Å². The van der Waals surface area contributed by atoms with E-state index in [-0.39, 0.29) is 22.7 Å². The van der Waals surface area contributed by atoms with E-state index in [4.69, 9.17) is 0 Å². The summed E-state index contributed by atoms with van der Waals surface area (Å²) in [7, 11) is 0. The van der Waals surface area contributed by atoms with Gasteiger partial charge in [-0.3, -0.25) is 9.59 Å². The second-order valence-corrected chi connectivity index (χ2v) is 5.08. The van der Waals surface area contributed by atoms with Crippen molar-refractivity contribution in [3.63, 3.8) is 0 Å². The molecule has 0 unspecified atom stereocenters. The number of anilines is 1. The van der Waals surface area contributed by atoms with Crippen LogP contribution in [0.4, 0.5) is 5.69 Å². The number of rotatable bonds is 4. The predicted octanol–water partition coefficient (Wildman–Crippen LogP) is 1.51. The number of H-pyrrole nitrogens is 1. The Morgan fingerprint density at radius 2 is 2.10 bits per heavy atom. The first kappa shape index (κ1) is 14.1. The van der Waals surface area contributed by atoms with Crippen LogP contribution >= 0.6 is 11.8 Å². The van der Waals surface area contributed by atoms with Crippen molar-refractivity contribution in [1.82, 2.24) is 9.97 Å². The molecule has 0 aliphatic heterocycles. The Balaban J connectivity index is 1.92. The fraction of sp³-hybridized carbons (Fsp3) is 0.154. The van der Waals surface area contributed by atoms with E-state index in [0.717, 1.165) is 23.4 Å². The number of amides is 1. The zero-order chi connectivity index (χ0) is 14.5. The van der Waals surface area contributed by atoms with Gasteiger partial charge in [0, 0.05) is 5.69 Å². The monoisotopic (exact) mass is 291 g/mol. The molecule has 0 aliphatic carbocycles. The molecule has 0 fully saturated rings. The van der Waals surface area contributed by atoms with Crippen LogP contribution in [0.2, 0.25) is 0 Å². The van der Waals surface area contributed by atoms with E-state index in [9.17, 15) is 14.7 Å². The molecule has 1 aromatic heterocycles. The van der Waals surface area contributed by atoms with Crippen LogP contribution in [0, 0.1) is 6.92 Å². The SMILES string of the molecule is Cc1ccc(NC(=O)CSc2nc(O)cc(=O)[nH]2)cc1. The van der Waals surface area contributed by atoms with Crippen LogP contribution in [-0.4, -0.2) is 26.7 Å². The number of aromatic hydroxyl groups is 1. The normalized spacial score (nSPS) is 10.2.